The summed E-state index contributed by atoms with van der Waals surface area (Å²) in [7, 11) is 0. The van der Waals surface area contributed by atoms with Gasteiger partial charge in [0.05, 0.1) is 17.7 Å². The molecule has 2 heterocycles. The van der Waals surface area contributed by atoms with Crippen LogP contribution in [0.25, 0.3) is 10.9 Å². The van der Waals surface area contributed by atoms with Crippen molar-refractivity contribution in [3.05, 3.63) is 71.7 Å². The smallest absolute Gasteiger partial charge is 0.133 e. The van der Waals surface area contributed by atoms with Gasteiger partial charge < -0.3 is 4.90 Å². The van der Waals surface area contributed by atoms with Crippen LogP contribution in [0.2, 0.25) is 0 Å². The zero-order valence-electron chi connectivity index (χ0n) is 11.2. The first-order valence-corrected chi connectivity index (χ1v) is 6.73. The largest absolute Gasteiger partial charge is 0.321 e. The summed E-state index contributed by atoms with van der Waals surface area (Å²) in [6.07, 6.45) is 1.76. The van der Waals surface area contributed by atoms with Crippen LogP contribution < -0.4 is 4.90 Å². The van der Waals surface area contributed by atoms with Gasteiger partial charge in [0.25, 0.3) is 0 Å². The number of nitrogens with zero attached hydrogens (tertiary/aromatic N) is 2. The first kappa shape index (κ1) is 12.0. The van der Waals surface area contributed by atoms with E-state index in [1.54, 1.807) is 12.3 Å². The van der Waals surface area contributed by atoms with Crippen molar-refractivity contribution in [2.75, 3.05) is 4.90 Å². The van der Waals surface area contributed by atoms with Gasteiger partial charge in [-0.25, -0.2) is 4.39 Å². The standard InChI is InChI=1S/C17H12FN3/c18-12-7-6-11-10-21(17(19)14(11)9-12)16-5-1-4-15-13(16)3-2-8-20-15/h1-9,19H,10H2. The van der Waals surface area contributed by atoms with E-state index >= 15 is 0 Å². The number of hydrogen-bond acceptors (Lipinski definition) is 2. The minimum absolute atomic E-state index is 0.306. The fraction of sp³-hybridized carbons (Fsp3) is 0.0588. The van der Waals surface area contributed by atoms with Crippen molar-refractivity contribution in [1.82, 2.24) is 4.98 Å². The highest BCUT2D eigenvalue weighted by Gasteiger charge is 2.26. The second kappa shape index (κ2) is 4.38. The number of nitrogens with one attached hydrogen (secondary N) is 1. The zero-order valence-corrected chi connectivity index (χ0v) is 11.2. The van der Waals surface area contributed by atoms with Crippen LogP contribution in [0.3, 0.4) is 0 Å². The Kier molecular flexibility index (Phi) is 2.51. The molecule has 3 nitrogen and oxygen atoms in total. The summed E-state index contributed by atoms with van der Waals surface area (Å²) in [5.41, 5.74) is 3.46. The maximum Gasteiger partial charge on any atom is 0.133 e. The molecule has 1 N–H and O–H groups in total. The SMILES string of the molecule is N=C1c2cc(F)ccc2CN1c1cccc2ncccc12. The van der Waals surface area contributed by atoms with Crippen LogP contribution in [0.15, 0.2) is 54.7 Å². The van der Waals surface area contributed by atoms with Gasteiger partial charge in [0.1, 0.15) is 11.7 Å². The van der Waals surface area contributed by atoms with Crippen molar-refractivity contribution >= 4 is 22.4 Å². The Morgan fingerprint density at radius 1 is 1.10 bits per heavy atom. The Morgan fingerprint density at radius 3 is 2.90 bits per heavy atom. The molecule has 4 heteroatoms. The van der Waals surface area contributed by atoms with E-state index in [0.29, 0.717) is 17.9 Å². The summed E-state index contributed by atoms with van der Waals surface area (Å²) in [6.45, 7) is 0.586. The second-order valence-corrected chi connectivity index (χ2v) is 5.08. The monoisotopic (exact) mass is 277 g/mol. The van der Waals surface area contributed by atoms with E-state index in [2.05, 4.69) is 4.98 Å². The van der Waals surface area contributed by atoms with Gasteiger partial charge in [-0.3, -0.25) is 10.4 Å². The predicted molar refractivity (Wildman–Crippen MR) is 81.2 cm³/mol. The molecule has 1 aliphatic rings. The summed E-state index contributed by atoms with van der Waals surface area (Å²) in [5, 5.41) is 9.33. The molecule has 0 spiro atoms. The minimum atomic E-state index is -0.306. The predicted octanol–water partition coefficient (Wildman–Crippen LogP) is 3.72. The van der Waals surface area contributed by atoms with Crippen molar-refractivity contribution in [2.24, 2.45) is 0 Å². The van der Waals surface area contributed by atoms with Crippen LogP contribution >= 0.6 is 0 Å². The van der Waals surface area contributed by atoms with Crippen LogP contribution in [-0.2, 0) is 6.54 Å². The van der Waals surface area contributed by atoms with Crippen LogP contribution in [0, 0.1) is 11.2 Å². The Morgan fingerprint density at radius 2 is 2.00 bits per heavy atom. The summed E-state index contributed by atoms with van der Waals surface area (Å²) in [5.74, 6) is 0.0285. The van der Waals surface area contributed by atoms with Gasteiger partial charge in [0, 0.05) is 17.1 Å². The minimum Gasteiger partial charge on any atom is -0.321 e. The molecule has 21 heavy (non-hydrogen) atoms. The summed E-state index contributed by atoms with van der Waals surface area (Å²) < 4.78 is 13.4. The van der Waals surface area contributed by atoms with E-state index in [9.17, 15) is 4.39 Å². The number of amidine groups is 1. The molecule has 3 aromatic rings. The fourth-order valence-corrected chi connectivity index (χ4v) is 2.83. The van der Waals surface area contributed by atoms with Crippen molar-refractivity contribution in [3.63, 3.8) is 0 Å². The van der Waals surface area contributed by atoms with E-state index in [4.69, 9.17) is 5.41 Å². The molecule has 0 fully saturated rings. The molecular weight excluding hydrogens is 265 g/mol. The van der Waals surface area contributed by atoms with Gasteiger partial charge in [-0.05, 0) is 42.0 Å². The Balaban J connectivity index is 1.87. The second-order valence-electron chi connectivity index (χ2n) is 5.08. The first-order chi connectivity index (χ1) is 10.2. The lowest BCUT2D eigenvalue weighted by atomic mass is 10.1. The maximum atomic E-state index is 13.4. The third kappa shape index (κ3) is 1.80. The number of rotatable bonds is 1. The van der Waals surface area contributed by atoms with Crippen LogP contribution in [0.1, 0.15) is 11.1 Å². The number of anilines is 1. The third-order valence-electron chi connectivity index (χ3n) is 3.84. The molecule has 0 radical (unpaired) electrons. The van der Waals surface area contributed by atoms with Gasteiger partial charge >= 0.3 is 0 Å². The fourth-order valence-electron chi connectivity index (χ4n) is 2.83. The van der Waals surface area contributed by atoms with Crippen LogP contribution in [-0.4, -0.2) is 10.8 Å². The lowest BCUT2D eigenvalue weighted by Crippen LogP contribution is -2.23. The van der Waals surface area contributed by atoms with Crippen molar-refractivity contribution in [1.29, 1.82) is 5.41 Å². The zero-order chi connectivity index (χ0) is 14.4. The topological polar surface area (TPSA) is 40.0 Å². The average molecular weight is 277 g/mol. The molecule has 102 valence electrons. The Hall–Kier alpha value is -2.75. The molecule has 0 saturated carbocycles. The number of aromatic nitrogens is 1. The van der Waals surface area contributed by atoms with Gasteiger partial charge in [0.15, 0.2) is 0 Å². The molecule has 2 aromatic carbocycles. The van der Waals surface area contributed by atoms with Crippen LogP contribution in [0.5, 0.6) is 0 Å². The van der Waals surface area contributed by atoms with Gasteiger partial charge in [-0.1, -0.05) is 12.1 Å². The van der Waals surface area contributed by atoms with Gasteiger partial charge in [-0.15, -0.1) is 0 Å². The highest BCUT2D eigenvalue weighted by Crippen LogP contribution is 2.33. The molecule has 0 saturated heterocycles. The summed E-state index contributed by atoms with van der Waals surface area (Å²) in [6, 6.07) is 14.4. The van der Waals surface area contributed by atoms with Crippen molar-refractivity contribution in [2.45, 2.75) is 6.54 Å². The van der Waals surface area contributed by atoms with E-state index in [1.165, 1.54) is 12.1 Å². The quantitative estimate of drug-likeness (QED) is 0.736. The number of pyridine rings is 1. The molecule has 4 rings (SSSR count). The van der Waals surface area contributed by atoms with Crippen molar-refractivity contribution < 1.29 is 4.39 Å². The lowest BCUT2D eigenvalue weighted by Gasteiger charge is -2.19. The first-order valence-electron chi connectivity index (χ1n) is 6.73. The molecular formula is C17H12FN3. The molecule has 0 aliphatic carbocycles. The number of benzene rings is 2. The summed E-state index contributed by atoms with van der Waals surface area (Å²) >= 11 is 0. The number of halogens is 1. The lowest BCUT2D eigenvalue weighted by molar-refractivity contribution is 0.627. The van der Waals surface area contributed by atoms with E-state index in [1.807, 2.05) is 35.2 Å². The highest BCUT2D eigenvalue weighted by atomic mass is 19.1. The normalized spacial score (nSPS) is 13.8. The molecule has 0 atom stereocenters. The molecule has 0 bridgehead atoms. The molecule has 0 amide bonds. The summed E-state index contributed by atoms with van der Waals surface area (Å²) in [4.78, 5) is 6.24. The Bertz CT molecular complexity index is 868. The van der Waals surface area contributed by atoms with Crippen molar-refractivity contribution in [3.8, 4) is 0 Å². The maximum absolute atomic E-state index is 13.4. The number of fused-ring (bicyclic) bond motifs is 2. The Labute approximate surface area is 121 Å². The molecule has 0 unspecified atom stereocenters. The van der Waals surface area contributed by atoms with Gasteiger partial charge in [0.2, 0.25) is 0 Å². The van der Waals surface area contributed by atoms with E-state index < -0.39 is 0 Å². The van der Waals surface area contributed by atoms with Crippen LogP contribution in [0.4, 0.5) is 10.1 Å². The average Bonchev–Trinajstić information content (AvgIpc) is 2.83. The highest BCUT2D eigenvalue weighted by molar-refractivity contribution is 6.14. The molecule has 1 aliphatic heterocycles. The third-order valence-corrected chi connectivity index (χ3v) is 3.84. The molecule has 1 aromatic heterocycles. The van der Waals surface area contributed by atoms with Gasteiger partial charge in [-0.2, -0.15) is 0 Å². The number of hydrogen-bond donors (Lipinski definition) is 1. The van der Waals surface area contributed by atoms with E-state index in [-0.39, 0.29) is 5.82 Å². The van der Waals surface area contributed by atoms with E-state index in [0.717, 1.165) is 22.2 Å².